The van der Waals surface area contributed by atoms with Gasteiger partial charge in [0, 0.05) is 5.38 Å². The van der Waals surface area contributed by atoms with Crippen LogP contribution in [0.15, 0.2) is 14.2 Å². The molecule has 4 rings (SSSR count). The fraction of sp³-hybridized carbons (Fsp3) is 0.400. The number of carbonyl (C=O) groups excluding carboxylic acids is 3. The minimum absolute atomic E-state index is 0.0834. The van der Waals surface area contributed by atoms with Gasteiger partial charge in [0.1, 0.15) is 34.3 Å². The van der Waals surface area contributed by atoms with Gasteiger partial charge in [-0.2, -0.15) is 0 Å². The van der Waals surface area contributed by atoms with Gasteiger partial charge in [0.25, 0.3) is 17.7 Å². The van der Waals surface area contributed by atoms with Crippen LogP contribution in [0.2, 0.25) is 0 Å². The third-order valence-corrected chi connectivity index (χ3v) is 5.99. The van der Waals surface area contributed by atoms with E-state index >= 15 is 0 Å². The predicted molar refractivity (Wildman–Crippen MR) is 112 cm³/mol. The molecule has 11 nitrogen and oxygen atoms in total. The number of fused-ring (bicyclic) bond motifs is 6. The van der Waals surface area contributed by atoms with E-state index in [1.807, 2.05) is 0 Å². The van der Waals surface area contributed by atoms with Gasteiger partial charge in [0.2, 0.25) is 11.8 Å². The first-order chi connectivity index (χ1) is 15.1. The van der Waals surface area contributed by atoms with Crippen LogP contribution in [-0.4, -0.2) is 32.7 Å². The molecule has 3 amide bonds. The Hall–Kier alpha value is -3.54. The third kappa shape index (κ3) is 4.00. The lowest BCUT2D eigenvalue weighted by atomic mass is 10.2. The molecular formula is C20H22N6O5S. The molecule has 4 heterocycles. The highest BCUT2D eigenvalue weighted by atomic mass is 32.1. The molecule has 32 heavy (non-hydrogen) atoms. The molecule has 3 aromatic rings. The summed E-state index contributed by atoms with van der Waals surface area (Å²) in [5.41, 5.74) is 0.395. The van der Waals surface area contributed by atoms with Crippen LogP contribution in [0.4, 0.5) is 0 Å². The highest BCUT2D eigenvalue weighted by molar-refractivity contribution is 7.09. The maximum atomic E-state index is 12.7. The topological polar surface area (TPSA) is 152 Å². The number of nitrogens with one attached hydrogen (secondary N) is 3. The molecule has 1 aliphatic heterocycles. The first-order valence-electron chi connectivity index (χ1n) is 9.96. The van der Waals surface area contributed by atoms with Crippen molar-refractivity contribution in [2.24, 2.45) is 0 Å². The number of nitrogens with zero attached hydrogens (tertiary/aromatic N) is 3. The molecule has 12 heteroatoms. The Bertz CT molecular complexity index is 1210. The molecule has 168 valence electrons. The molecule has 3 N–H and O–H groups in total. The SMILES string of the molecule is Cc1oc2nc1C(=O)NC(C)c1nc(c(C)o1)C(=O)NC(C)c1nc(cs1)C(=O)NC2C. The number of amides is 3. The lowest BCUT2D eigenvalue weighted by Crippen LogP contribution is -2.30. The van der Waals surface area contributed by atoms with Gasteiger partial charge in [0.05, 0.1) is 6.04 Å². The van der Waals surface area contributed by atoms with E-state index in [1.165, 1.54) is 11.3 Å². The van der Waals surface area contributed by atoms with E-state index in [0.29, 0.717) is 16.5 Å². The normalized spacial score (nSPS) is 21.9. The number of carbonyl (C=O) groups is 3. The number of aromatic nitrogens is 3. The standard InChI is InChI=1S/C20H22N6O5S/c1-7-18-25-13(10(4)30-18)16(28)22-8(2)19-26-14(11(5)31-19)17(29)23-9(3)20-24-12(6-32-20)15(27)21-7/h6-9H,1-5H3,(H,21,27)(H,22,28)(H,23,29). The lowest BCUT2D eigenvalue weighted by molar-refractivity contribution is 0.0921. The highest BCUT2D eigenvalue weighted by Crippen LogP contribution is 2.23. The maximum absolute atomic E-state index is 12.7. The summed E-state index contributed by atoms with van der Waals surface area (Å²) < 4.78 is 11.2. The van der Waals surface area contributed by atoms with Gasteiger partial charge in [-0.05, 0) is 34.6 Å². The van der Waals surface area contributed by atoms with Crippen molar-refractivity contribution in [1.82, 2.24) is 30.9 Å². The van der Waals surface area contributed by atoms with Crippen molar-refractivity contribution in [3.8, 4) is 0 Å². The Morgan fingerprint density at radius 1 is 0.750 bits per heavy atom. The van der Waals surface area contributed by atoms with E-state index in [2.05, 4.69) is 30.9 Å². The number of hydrogen-bond donors (Lipinski definition) is 3. The van der Waals surface area contributed by atoms with E-state index in [9.17, 15) is 14.4 Å². The Morgan fingerprint density at radius 2 is 1.22 bits per heavy atom. The molecule has 3 atom stereocenters. The van der Waals surface area contributed by atoms with Gasteiger partial charge in [-0.1, -0.05) is 0 Å². The zero-order valence-electron chi connectivity index (χ0n) is 18.1. The minimum Gasteiger partial charge on any atom is -0.443 e. The highest BCUT2D eigenvalue weighted by Gasteiger charge is 2.27. The summed E-state index contributed by atoms with van der Waals surface area (Å²) in [6.45, 7) is 8.37. The predicted octanol–water partition coefficient (Wildman–Crippen LogP) is 2.52. The minimum atomic E-state index is -0.628. The van der Waals surface area contributed by atoms with Crippen LogP contribution < -0.4 is 16.0 Å². The van der Waals surface area contributed by atoms with Gasteiger partial charge in [0.15, 0.2) is 11.4 Å². The average Bonchev–Trinajstić information content (AvgIpc) is 3.45. The number of aryl methyl sites for hydroxylation is 2. The summed E-state index contributed by atoms with van der Waals surface area (Å²) in [6.07, 6.45) is 0. The Morgan fingerprint density at radius 3 is 1.75 bits per heavy atom. The summed E-state index contributed by atoms with van der Waals surface area (Å²) in [5, 5.41) is 10.5. The molecule has 0 fully saturated rings. The lowest BCUT2D eigenvalue weighted by Gasteiger charge is -2.11. The van der Waals surface area contributed by atoms with Crippen molar-refractivity contribution >= 4 is 29.1 Å². The number of rotatable bonds is 0. The monoisotopic (exact) mass is 458 g/mol. The van der Waals surface area contributed by atoms with Crippen molar-refractivity contribution < 1.29 is 23.2 Å². The molecule has 0 aliphatic carbocycles. The van der Waals surface area contributed by atoms with Crippen molar-refractivity contribution in [2.45, 2.75) is 52.7 Å². The molecular weight excluding hydrogens is 436 g/mol. The zero-order chi connectivity index (χ0) is 23.2. The van der Waals surface area contributed by atoms with Crippen molar-refractivity contribution in [3.63, 3.8) is 0 Å². The fourth-order valence-corrected chi connectivity index (χ4v) is 4.01. The zero-order valence-corrected chi connectivity index (χ0v) is 18.9. The second kappa shape index (κ2) is 8.19. The molecule has 0 saturated carbocycles. The molecule has 0 aromatic carbocycles. The smallest absolute Gasteiger partial charge is 0.274 e. The van der Waals surface area contributed by atoms with Gasteiger partial charge in [-0.25, -0.2) is 15.0 Å². The summed E-state index contributed by atoms with van der Waals surface area (Å²) in [7, 11) is 0. The molecule has 3 aromatic heterocycles. The molecule has 1 aliphatic rings. The molecule has 6 bridgehead atoms. The van der Waals surface area contributed by atoms with Crippen LogP contribution in [0.25, 0.3) is 0 Å². The Balaban J connectivity index is 1.74. The van der Waals surface area contributed by atoms with Gasteiger partial charge in [-0.15, -0.1) is 11.3 Å². The first kappa shape index (κ1) is 21.7. The first-order valence-corrected chi connectivity index (χ1v) is 10.8. The van der Waals surface area contributed by atoms with E-state index in [-0.39, 0.29) is 28.9 Å². The van der Waals surface area contributed by atoms with Crippen molar-refractivity contribution in [3.05, 3.63) is 50.8 Å². The van der Waals surface area contributed by atoms with Crippen LogP contribution in [-0.2, 0) is 0 Å². The van der Waals surface area contributed by atoms with Gasteiger partial charge < -0.3 is 24.8 Å². The van der Waals surface area contributed by atoms with Crippen LogP contribution >= 0.6 is 11.3 Å². The number of thiazole rings is 1. The van der Waals surface area contributed by atoms with E-state index < -0.39 is 35.8 Å². The Kier molecular flexibility index (Phi) is 5.55. The molecule has 3 unspecified atom stereocenters. The van der Waals surface area contributed by atoms with Crippen LogP contribution in [0.5, 0.6) is 0 Å². The van der Waals surface area contributed by atoms with Crippen LogP contribution in [0.3, 0.4) is 0 Å². The van der Waals surface area contributed by atoms with Crippen LogP contribution in [0.1, 0.15) is 98.7 Å². The maximum Gasteiger partial charge on any atom is 0.274 e. The third-order valence-electron chi connectivity index (χ3n) is 4.97. The summed E-state index contributed by atoms with van der Waals surface area (Å²) >= 11 is 1.25. The van der Waals surface area contributed by atoms with E-state index in [4.69, 9.17) is 8.83 Å². The summed E-state index contributed by atoms with van der Waals surface area (Å²) in [6, 6.07) is -1.69. The van der Waals surface area contributed by atoms with Crippen molar-refractivity contribution in [2.75, 3.05) is 0 Å². The van der Waals surface area contributed by atoms with E-state index in [1.54, 1.807) is 40.0 Å². The molecule has 0 radical (unpaired) electrons. The summed E-state index contributed by atoms with van der Waals surface area (Å²) in [5.74, 6) is -0.366. The molecule has 0 saturated heterocycles. The van der Waals surface area contributed by atoms with Crippen LogP contribution in [0, 0.1) is 13.8 Å². The van der Waals surface area contributed by atoms with E-state index in [0.717, 1.165) is 0 Å². The second-order valence-corrected chi connectivity index (χ2v) is 8.46. The largest absolute Gasteiger partial charge is 0.443 e. The van der Waals surface area contributed by atoms with Gasteiger partial charge in [-0.3, -0.25) is 14.4 Å². The van der Waals surface area contributed by atoms with Gasteiger partial charge >= 0.3 is 0 Å². The Labute approximate surface area is 187 Å². The second-order valence-electron chi connectivity index (χ2n) is 7.57. The molecule has 0 spiro atoms. The summed E-state index contributed by atoms with van der Waals surface area (Å²) in [4.78, 5) is 51.0. The number of oxazole rings is 2. The fourth-order valence-electron chi connectivity index (χ4n) is 3.20. The average molecular weight is 459 g/mol. The quantitative estimate of drug-likeness (QED) is 0.465. The number of hydrogen-bond acceptors (Lipinski definition) is 9. The van der Waals surface area contributed by atoms with Crippen molar-refractivity contribution in [1.29, 1.82) is 0 Å².